The summed E-state index contributed by atoms with van der Waals surface area (Å²) in [6, 6.07) is 12.2. The third-order valence-corrected chi connectivity index (χ3v) is 7.26. The van der Waals surface area contributed by atoms with Crippen molar-refractivity contribution in [3.63, 3.8) is 0 Å². The van der Waals surface area contributed by atoms with E-state index in [1.165, 1.54) is 16.7 Å². The first-order valence-electron chi connectivity index (χ1n) is 13.6. The Morgan fingerprint density at radius 1 is 0.706 bits per heavy atom. The van der Waals surface area contributed by atoms with Crippen molar-refractivity contribution in [3.05, 3.63) is 69.8 Å². The smallest absolute Gasteiger partial charge is 0.229 e. The van der Waals surface area contributed by atoms with Gasteiger partial charge in [0.2, 0.25) is 11.6 Å². The molecule has 34 heavy (non-hydrogen) atoms. The van der Waals surface area contributed by atoms with Gasteiger partial charge < -0.3 is 0 Å². The molecule has 3 unspecified atom stereocenters. The fourth-order valence-electron chi connectivity index (χ4n) is 5.48. The van der Waals surface area contributed by atoms with Crippen LogP contribution in [0.3, 0.4) is 0 Å². The van der Waals surface area contributed by atoms with Crippen LogP contribution >= 0.6 is 0 Å². The Balaban J connectivity index is 2.59. The maximum atomic E-state index is 13.6. The molecule has 0 heterocycles. The Labute approximate surface area is 208 Å². The highest BCUT2D eigenvalue weighted by atomic mass is 16.2. The van der Waals surface area contributed by atoms with Crippen LogP contribution in [0.15, 0.2) is 36.4 Å². The molecule has 0 amide bonds. The van der Waals surface area contributed by atoms with Crippen LogP contribution in [-0.2, 0) is 17.6 Å². The Morgan fingerprint density at radius 2 is 1.26 bits per heavy atom. The number of carbonyl (C=O) groups is 2. The molecule has 0 aliphatic rings. The molecule has 186 valence electrons. The fraction of sp³-hybridized carbons (Fsp3) is 0.562. The lowest BCUT2D eigenvalue weighted by molar-refractivity contribution is -0.114. The van der Waals surface area contributed by atoms with Crippen molar-refractivity contribution < 1.29 is 9.59 Å². The number of benzene rings is 2. The maximum Gasteiger partial charge on any atom is 0.229 e. The van der Waals surface area contributed by atoms with Crippen LogP contribution in [-0.4, -0.2) is 11.6 Å². The highest BCUT2D eigenvalue weighted by Gasteiger charge is 2.28. The predicted octanol–water partition coefficient (Wildman–Crippen LogP) is 8.95. The van der Waals surface area contributed by atoms with Crippen molar-refractivity contribution in [2.24, 2.45) is 0 Å². The zero-order valence-electron chi connectivity index (χ0n) is 22.7. The van der Waals surface area contributed by atoms with Gasteiger partial charge in [-0.2, -0.15) is 0 Å². The Bertz CT molecular complexity index is 955. The lowest BCUT2D eigenvalue weighted by Crippen LogP contribution is -2.22. The quantitative estimate of drug-likeness (QED) is 0.207. The molecule has 0 bridgehead atoms. The minimum atomic E-state index is -0.320. The molecule has 0 aliphatic carbocycles. The summed E-state index contributed by atoms with van der Waals surface area (Å²) >= 11 is 0. The van der Waals surface area contributed by atoms with Crippen LogP contribution in [0.4, 0.5) is 0 Å². The first-order chi connectivity index (χ1) is 16.3. The minimum absolute atomic E-state index is 0.169. The molecule has 2 nitrogen and oxygen atoms in total. The molecule has 2 rings (SSSR count). The molecule has 0 N–H and O–H groups in total. The molecule has 0 aliphatic heterocycles. The van der Waals surface area contributed by atoms with Gasteiger partial charge in [-0.3, -0.25) is 9.59 Å². The molecule has 0 fully saturated rings. The number of hydrogen-bond acceptors (Lipinski definition) is 2. The van der Waals surface area contributed by atoms with Gasteiger partial charge in [0.25, 0.3) is 0 Å². The number of ketones is 2. The van der Waals surface area contributed by atoms with E-state index in [1.54, 1.807) is 0 Å². The van der Waals surface area contributed by atoms with Gasteiger partial charge >= 0.3 is 0 Å². The average Bonchev–Trinajstić information content (AvgIpc) is 2.83. The Hall–Kier alpha value is -2.22. The van der Waals surface area contributed by atoms with Crippen molar-refractivity contribution in [1.29, 1.82) is 0 Å². The van der Waals surface area contributed by atoms with Crippen LogP contribution in [0, 0.1) is 0 Å². The molecule has 0 aromatic heterocycles. The first kappa shape index (κ1) is 28.0. The summed E-state index contributed by atoms with van der Waals surface area (Å²) in [6.07, 6.45) is 7.63. The van der Waals surface area contributed by atoms with Gasteiger partial charge in [-0.15, -0.1) is 0 Å². The lowest BCUT2D eigenvalue weighted by atomic mass is 9.75. The standard InChI is InChI=1S/C32H46O2/c1-8-13-22(5)27-18-19-28(31(24(7)15-10-3)30(27)23(6)14-9-2)32(34)29(33)21-26-17-12-16-25(11-4)20-26/h12,16-20,22-24H,8-11,13-15,21H2,1-7H3. The zero-order chi connectivity index (χ0) is 25.3. The summed E-state index contributed by atoms with van der Waals surface area (Å²) in [5.41, 5.74) is 6.62. The van der Waals surface area contributed by atoms with Crippen LogP contribution < -0.4 is 0 Å². The Morgan fingerprint density at radius 3 is 1.85 bits per heavy atom. The third-order valence-electron chi connectivity index (χ3n) is 7.26. The van der Waals surface area contributed by atoms with E-state index < -0.39 is 0 Å². The number of carbonyl (C=O) groups excluding carboxylic acids is 2. The number of aryl methyl sites for hydroxylation is 1. The van der Waals surface area contributed by atoms with Gasteiger partial charge in [0.15, 0.2) is 0 Å². The van der Waals surface area contributed by atoms with Crippen molar-refractivity contribution in [2.45, 2.75) is 118 Å². The number of Topliss-reactive ketones (excluding diaryl/α,β-unsaturated/α-hetero) is 2. The van der Waals surface area contributed by atoms with Gasteiger partial charge in [0.05, 0.1) is 0 Å². The summed E-state index contributed by atoms with van der Waals surface area (Å²) in [5, 5.41) is 0. The normalized spacial score (nSPS) is 14.0. The summed E-state index contributed by atoms with van der Waals surface area (Å²) in [5.74, 6) is 0.450. The van der Waals surface area contributed by atoms with Crippen LogP contribution in [0.5, 0.6) is 0 Å². The van der Waals surface area contributed by atoms with E-state index in [1.807, 2.05) is 18.2 Å². The summed E-state index contributed by atoms with van der Waals surface area (Å²) < 4.78 is 0. The van der Waals surface area contributed by atoms with Gasteiger partial charge in [0, 0.05) is 12.0 Å². The van der Waals surface area contributed by atoms with Crippen LogP contribution in [0.1, 0.15) is 143 Å². The van der Waals surface area contributed by atoms with Gasteiger partial charge in [0.1, 0.15) is 0 Å². The van der Waals surface area contributed by atoms with Crippen molar-refractivity contribution in [3.8, 4) is 0 Å². The van der Waals surface area contributed by atoms with Crippen LogP contribution in [0.25, 0.3) is 0 Å². The van der Waals surface area contributed by atoms with E-state index in [0.717, 1.165) is 56.1 Å². The molecule has 2 heteroatoms. The van der Waals surface area contributed by atoms with Crippen LogP contribution in [0.2, 0.25) is 0 Å². The van der Waals surface area contributed by atoms with E-state index in [4.69, 9.17) is 0 Å². The SMILES string of the molecule is CCCC(C)c1ccc(C(=O)C(=O)Cc2cccc(CC)c2)c(C(C)CCC)c1C(C)CCC. The van der Waals surface area contributed by atoms with Gasteiger partial charge in [-0.1, -0.05) is 104 Å². The summed E-state index contributed by atoms with van der Waals surface area (Å²) in [7, 11) is 0. The Kier molecular flexibility index (Phi) is 11.2. The molecular formula is C32H46O2. The van der Waals surface area contributed by atoms with E-state index in [0.29, 0.717) is 17.4 Å². The molecule has 2 aromatic carbocycles. The molecule has 0 radical (unpaired) electrons. The second-order valence-electron chi connectivity index (χ2n) is 10.2. The highest BCUT2D eigenvalue weighted by Crippen LogP contribution is 2.40. The van der Waals surface area contributed by atoms with E-state index >= 15 is 0 Å². The lowest BCUT2D eigenvalue weighted by Gasteiger charge is -2.28. The van der Waals surface area contributed by atoms with E-state index in [9.17, 15) is 9.59 Å². The second-order valence-corrected chi connectivity index (χ2v) is 10.2. The summed E-state index contributed by atoms with van der Waals surface area (Å²) in [4.78, 5) is 26.8. The summed E-state index contributed by atoms with van der Waals surface area (Å²) in [6.45, 7) is 15.6. The third kappa shape index (κ3) is 6.90. The van der Waals surface area contributed by atoms with Gasteiger partial charge in [-0.05, 0) is 71.3 Å². The van der Waals surface area contributed by atoms with E-state index in [-0.39, 0.29) is 23.9 Å². The minimum Gasteiger partial charge on any atom is -0.290 e. The van der Waals surface area contributed by atoms with Crippen molar-refractivity contribution in [1.82, 2.24) is 0 Å². The van der Waals surface area contributed by atoms with Gasteiger partial charge in [-0.25, -0.2) is 0 Å². The maximum absolute atomic E-state index is 13.6. The number of rotatable bonds is 14. The fourth-order valence-corrected chi connectivity index (χ4v) is 5.48. The van der Waals surface area contributed by atoms with Crippen molar-refractivity contribution in [2.75, 3.05) is 0 Å². The molecule has 0 spiro atoms. The predicted molar refractivity (Wildman–Crippen MR) is 145 cm³/mol. The molecule has 0 saturated heterocycles. The first-order valence-corrected chi connectivity index (χ1v) is 13.6. The van der Waals surface area contributed by atoms with E-state index in [2.05, 4.69) is 66.7 Å². The monoisotopic (exact) mass is 462 g/mol. The molecule has 3 atom stereocenters. The highest BCUT2D eigenvalue weighted by molar-refractivity contribution is 6.44. The zero-order valence-corrected chi connectivity index (χ0v) is 22.7. The molecular weight excluding hydrogens is 416 g/mol. The number of hydrogen-bond donors (Lipinski definition) is 0. The average molecular weight is 463 g/mol. The second kappa shape index (κ2) is 13.6. The van der Waals surface area contributed by atoms with Crippen molar-refractivity contribution >= 4 is 11.6 Å². The molecule has 0 saturated carbocycles. The topological polar surface area (TPSA) is 34.1 Å². The molecule has 2 aromatic rings. The largest absolute Gasteiger partial charge is 0.290 e.